The van der Waals surface area contributed by atoms with Crippen molar-refractivity contribution < 1.29 is 19.1 Å². The Kier molecular flexibility index (Phi) is 2.93. The van der Waals surface area contributed by atoms with Crippen LogP contribution >= 0.6 is 0 Å². The van der Waals surface area contributed by atoms with E-state index in [1.165, 1.54) is 0 Å². The van der Waals surface area contributed by atoms with Crippen LogP contribution in [0.1, 0.15) is 17.0 Å². The largest absolute Gasteiger partial charge is 0.480 e. The Balaban J connectivity index is 2.22. The van der Waals surface area contributed by atoms with Gasteiger partial charge >= 0.3 is 5.97 Å². The summed E-state index contributed by atoms with van der Waals surface area (Å²) >= 11 is 0. The lowest BCUT2D eigenvalue weighted by Crippen LogP contribution is -2.32. The molecule has 0 unspecified atom stereocenters. The molecule has 17 heavy (non-hydrogen) atoms. The molecule has 0 fully saturated rings. The van der Waals surface area contributed by atoms with Crippen LogP contribution in [-0.2, 0) is 4.79 Å². The third-order valence-corrected chi connectivity index (χ3v) is 2.42. The zero-order valence-corrected chi connectivity index (χ0v) is 8.92. The van der Waals surface area contributed by atoms with Crippen molar-refractivity contribution in [2.45, 2.75) is 12.5 Å². The molecule has 1 heterocycles. The number of rotatable bonds is 4. The number of carboxylic acids is 1. The molecule has 2 aromatic rings. The van der Waals surface area contributed by atoms with E-state index in [-0.39, 0.29) is 12.2 Å². The maximum absolute atomic E-state index is 11.7. The van der Waals surface area contributed by atoms with Crippen molar-refractivity contribution in [3.63, 3.8) is 0 Å². The van der Waals surface area contributed by atoms with Crippen molar-refractivity contribution in [3.05, 3.63) is 36.1 Å². The molecule has 0 aliphatic carbocycles. The number of fused-ring (bicyclic) bond motifs is 1. The standard InChI is InChI=1S/C12H11NO4/c13-8(12(15)16)6-9(14)11-5-7-3-1-2-4-10(7)17-11/h1-5,8H,6,13H2,(H,15,16)/t8-/m0/s1. The molecular formula is C12H11NO4. The van der Waals surface area contributed by atoms with Gasteiger partial charge in [0.05, 0.1) is 0 Å². The van der Waals surface area contributed by atoms with E-state index in [4.69, 9.17) is 15.3 Å². The smallest absolute Gasteiger partial charge is 0.320 e. The summed E-state index contributed by atoms with van der Waals surface area (Å²) in [6.45, 7) is 0. The van der Waals surface area contributed by atoms with Gasteiger partial charge in [0.1, 0.15) is 11.6 Å². The van der Waals surface area contributed by atoms with E-state index in [9.17, 15) is 9.59 Å². The summed E-state index contributed by atoms with van der Waals surface area (Å²) in [5.74, 6) is -1.46. The maximum atomic E-state index is 11.7. The average molecular weight is 233 g/mol. The van der Waals surface area contributed by atoms with Crippen molar-refractivity contribution in [2.24, 2.45) is 5.73 Å². The zero-order chi connectivity index (χ0) is 12.4. The summed E-state index contributed by atoms with van der Waals surface area (Å²) in [6, 6.07) is 7.57. The SMILES string of the molecule is N[C@@H](CC(=O)c1cc2ccccc2o1)C(=O)O. The molecule has 1 aromatic carbocycles. The zero-order valence-electron chi connectivity index (χ0n) is 8.92. The second-order valence-corrected chi connectivity index (χ2v) is 3.72. The fourth-order valence-corrected chi connectivity index (χ4v) is 1.51. The minimum atomic E-state index is -1.20. The molecule has 0 radical (unpaired) electrons. The highest BCUT2D eigenvalue weighted by Crippen LogP contribution is 2.20. The highest BCUT2D eigenvalue weighted by molar-refractivity contribution is 5.99. The number of furan rings is 1. The Morgan fingerprint density at radius 3 is 2.71 bits per heavy atom. The summed E-state index contributed by atoms with van der Waals surface area (Å²) in [4.78, 5) is 22.2. The average Bonchev–Trinajstić information content (AvgIpc) is 2.72. The molecule has 0 spiro atoms. The molecule has 0 aliphatic heterocycles. The van der Waals surface area contributed by atoms with Crippen LogP contribution in [0.4, 0.5) is 0 Å². The van der Waals surface area contributed by atoms with E-state index in [2.05, 4.69) is 0 Å². The fraction of sp³-hybridized carbons (Fsp3) is 0.167. The summed E-state index contributed by atoms with van der Waals surface area (Å²) in [5.41, 5.74) is 5.88. The summed E-state index contributed by atoms with van der Waals surface area (Å²) in [6.07, 6.45) is -0.269. The molecular weight excluding hydrogens is 222 g/mol. The number of carbonyl (C=O) groups excluding carboxylic acids is 1. The Labute approximate surface area is 96.8 Å². The number of Topliss-reactive ketones (excluding diaryl/α,β-unsaturated/α-hetero) is 1. The molecule has 0 saturated heterocycles. The van der Waals surface area contributed by atoms with E-state index < -0.39 is 17.8 Å². The minimum absolute atomic E-state index is 0.142. The van der Waals surface area contributed by atoms with Crippen molar-refractivity contribution >= 4 is 22.7 Å². The summed E-state index contributed by atoms with van der Waals surface area (Å²) in [7, 11) is 0. The second kappa shape index (κ2) is 4.39. The van der Waals surface area contributed by atoms with E-state index in [1.54, 1.807) is 18.2 Å². The van der Waals surface area contributed by atoms with Gasteiger partial charge in [-0.25, -0.2) is 0 Å². The molecule has 5 heteroatoms. The molecule has 1 aromatic heterocycles. The molecule has 3 N–H and O–H groups in total. The van der Waals surface area contributed by atoms with Crippen molar-refractivity contribution in [2.75, 3.05) is 0 Å². The Bertz CT molecular complexity index is 540. The van der Waals surface area contributed by atoms with Gasteiger partial charge in [-0.2, -0.15) is 0 Å². The van der Waals surface area contributed by atoms with Gasteiger partial charge in [-0.1, -0.05) is 18.2 Å². The molecule has 0 amide bonds. The number of carboxylic acid groups (broad SMARTS) is 1. The first kappa shape index (κ1) is 11.3. The predicted molar refractivity (Wildman–Crippen MR) is 60.8 cm³/mol. The quantitative estimate of drug-likeness (QED) is 0.779. The van der Waals surface area contributed by atoms with E-state index in [1.807, 2.05) is 12.1 Å². The Hall–Kier alpha value is -2.14. The van der Waals surface area contributed by atoms with Crippen LogP contribution in [0.2, 0.25) is 0 Å². The first-order valence-electron chi connectivity index (χ1n) is 5.08. The highest BCUT2D eigenvalue weighted by atomic mass is 16.4. The number of para-hydroxylation sites is 1. The topological polar surface area (TPSA) is 93.5 Å². The molecule has 2 rings (SSSR count). The van der Waals surface area contributed by atoms with E-state index in [0.717, 1.165) is 5.39 Å². The van der Waals surface area contributed by atoms with Crippen LogP contribution in [0.15, 0.2) is 34.7 Å². The number of hydrogen-bond acceptors (Lipinski definition) is 4. The highest BCUT2D eigenvalue weighted by Gasteiger charge is 2.20. The van der Waals surface area contributed by atoms with Gasteiger partial charge in [0.15, 0.2) is 11.5 Å². The number of carbonyl (C=O) groups is 2. The van der Waals surface area contributed by atoms with E-state index in [0.29, 0.717) is 5.58 Å². The van der Waals surface area contributed by atoms with Crippen LogP contribution in [0.25, 0.3) is 11.0 Å². The number of ketones is 1. The van der Waals surface area contributed by atoms with Crippen molar-refractivity contribution in [1.29, 1.82) is 0 Å². The number of benzene rings is 1. The molecule has 1 atom stereocenters. The third-order valence-electron chi connectivity index (χ3n) is 2.42. The predicted octanol–water partition coefficient (Wildman–Crippen LogP) is 1.42. The molecule has 0 saturated carbocycles. The lowest BCUT2D eigenvalue weighted by Gasteiger charge is -2.02. The normalized spacial score (nSPS) is 12.5. The monoisotopic (exact) mass is 233 g/mol. The van der Waals surface area contributed by atoms with Crippen LogP contribution in [0.5, 0.6) is 0 Å². The fourth-order valence-electron chi connectivity index (χ4n) is 1.51. The van der Waals surface area contributed by atoms with Gasteiger partial charge < -0.3 is 15.3 Å². The van der Waals surface area contributed by atoms with Gasteiger partial charge in [-0.05, 0) is 12.1 Å². The minimum Gasteiger partial charge on any atom is -0.480 e. The Morgan fingerprint density at radius 2 is 2.06 bits per heavy atom. The number of aliphatic carboxylic acids is 1. The molecule has 0 aliphatic rings. The number of nitrogens with two attached hydrogens (primary N) is 1. The summed E-state index contributed by atoms with van der Waals surface area (Å²) in [5, 5.41) is 9.42. The van der Waals surface area contributed by atoms with Gasteiger partial charge in [0, 0.05) is 11.8 Å². The Morgan fingerprint density at radius 1 is 1.35 bits per heavy atom. The second-order valence-electron chi connectivity index (χ2n) is 3.72. The van der Waals surface area contributed by atoms with Crippen molar-refractivity contribution in [3.8, 4) is 0 Å². The lowest BCUT2D eigenvalue weighted by atomic mass is 10.1. The first-order chi connectivity index (χ1) is 8.08. The number of hydrogen-bond donors (Lipinski definition) is 2. The van der Waals surface area contributed by atoms with Crippen LogP contribution in [0.3, 0.4) is 0 Å². The molecule has 5 nitrogen and oxygen atoms in total. The summed E-state index contributed by atoms with van der Waals surface area (Å²) < 4.78 is 5.31. The van der Waals surface area contributed by atoms with Gasteiger partial charge in [0.25, 0.3) is 0 Å². The maximum Gasteiger partial charge on any atom is 0.320 e. The lowest BCUT2D eigenvalue weighted by molar-refractivity contribution is -0.138. The van der Waals surface area contributed by atoms with Gasteiger partial charge in [0.2, 0.25) is 0 Å². The van der Waals surface area contributed by atoms with Crippen molar-refractivity contribution in [1.82, 2.24) is 0 Å². The molecule has 88 valence electrons. The van der Waals surface area contributed by atoms with Crippen LogP contribution < -0.4 is 5.73 Å². The third kappa shape index (κ3) is 2.34. The van der Waals surface area contributed by atoms with Gasteiger partial charge in [-0.15, -0.1) is 0 Å². The van der Waals surface area contributed by atoms with Crippen LogP contribution in [0, 0.1) is 0 Å². The first-order valence-corrected chi connectivity index (χ1v) is 5.08. The van der Waals surface area contributed by atoms with Gasteiger partial charge in [-0.3, -0.25) is 9.59 Å². The van der Waals surface area contributed by atoms with E-state index >= 15 is 0 Å². The molecule has 0 bridgehead atoms. The van der Waals surface area contributed by atoms with Crippen LogP contribution in [-0.4, -0.2) is 22.9 Å².